The van der Waals surface area contributed by atoms with E-state index in [2.05, 4.69) is 25.4 Å². The molecule has 0 aliphatic rings. The van der Waals surface area contributed by atoms with E-state index in [-0.39, 0.29) is 0 Å². The zero-order chi connectivity index (χ0) is 19.2. The summed E-state index contributed by atoms with van der Waals surface area (Å²) in [4.78, 5) is 5.26. The third-order valence-corrected chi connectivity index (χ3v) is 5.67. The number of benzene rings is 2. The topological polar surface area (TPSA) is 84.6 Å². The van der Waals surface area contributed by atoms with Crippen molar-refractivity contribution in [2.75, 3.05) is 0 Å². The minimum atomic E-state index is 0.630. The number of aromatic nitrogens is 7. The first-order valence-electron chi connectivity index (χ1n) is 9.04. The van der Waals surface area contributed by atoms with Crippen molar-refractivity contribution in [2.24, 2.45) is 0 Å². The maximum Gasteiger partial charge on any atom is 0.235 e. The maximum absolute atomic E-state index is 4.77. The predicted octanol–water partition coefficient (Wildman–Crippen LogP) is 4.46. The zero-order valence-corrected chi connectivity index (χ0v) is 15.8. The number of pyridine rings is 1. The quantitative estimate of drug-likeness (QED) is 0.478. The lowest BCUT2D eigenvalue weighted by Crippen LogP contribution is -1.92. The zero-order valence-electron chi connectivity index (χ0n) is 15.0. The molecule has 0 bridgehead atoms. The minimum absolute atomic E-state index is 0.630. The molecular formula is C21H13N7S. The number of nitrogens with one attached hydrogen (secondary N) is 1. The summed E-state index contributed by atoms with van der Waals surface area (Å²) in [7, 11) is 0. The number of rotatable bonds is 3. The Morgan fingerprint density at radius 3 is 2.72 bits per heavy atom. The average molecular weight is 395 g/mol. The molecule has 6 rings (SSSR count). The molecule has 8 heteroatoms. The van der Waals surface area contributed by atoms with Crippen LogP contribution in [0.25, 0.3) is 49.2 Å². The smallest absolute Gasteiger partial charge is 0.235 e. The molecule has 2 aromatic carbocycles. The molecule has 0 saturated heterocycles. The Morgan fingerprint density at radius 2 is 1.79 bits per heavy atom. The van der Waals surface area contributed by atoms with Gasteiger partial charge >= 0.3 is 0 Å². The first kappa shape index (κ1) is 16.1. The van der Waals surface area contributed by atoms with Crippen LogP contribution in [0.2, 0.25) is 0 Å². The van der Waals surface area contributed by atoms with E-state index in [0.717, 1.165) is 43.4 Å². The summed E-state index contributed by atoms with van der Waals surface area (Å²) in [5.74, 6) is 0.630. The predicted molar refractivity (Wildman–Crippen MR) is 112 cm³/mol. The van der Waals surface area contributed by atoms with Gasteiger partial charge in [-0.3, -0.25) is 10.1 Å². The van der Waals surface area contributed by atoms with Gasteiger partial charge in [-0.2, -0.15) is 14.7 Å². The molecule has 0 aliphatic heterocycles. The number of hydrogen-bond donors (Lipinski definition) is 1. The number of hydrogen-bond acceptors (Lipinski definition) is 6. The molecule has 138 valence electrons. The van der Waals surface area contributed by atoms with Crippen molar-refractivity contribution in [3.63, 3.8) is 0 Å². The lowest BCUT2D eigenvalue weighted by atomic mass is 10.1. The van der Waals surface area contributed by atoms with Gasteiger partial charge in [0.05, 0.1) is 11.2 Å². The molecule has 0 atom stereocenters. The van der Waals surface area contributed by atoms with E-state index < -0.39 is 0 Å². The summed E-state index contributed by atoms with van der Waals surface area (Å²) in [6, 6.07) is 22.1. The van der Waals surface area contributed by atoms with Gasteiger partial charge in [0, 0.05) is 22.7 Å². The SMILES string of the molecule is c1ccc(-c2cc(-c3nnc4sc(-c5cccc6cccnc56)nn34)[nH]n2)cc1. The molecule has 0 aliphatic carbocycles. The molecular weight excluding hydrogens is 382 g/mol. The fourth-order valence-electron chi connectivity index (χ4n) is 3.36. The average Bonchev–Trinajstić information content (AvgIpc) is 3.50. The lowest BCUT2D eigenvalue weighted by Gasteiger charge is -2.01. The summed E-state index contributed by atoms with van der Waals surface area (Å²) in [6.45, 7) is 0. The van der Waals surface area contributed by atoms with Crippen molar-refractivity contribution in [3.05, 3.63) is 72.9 Å². The van der Waals surface area contributed by atoms with Crippen molar-refractivity contribution in [3.8, 4) is 33.3 Å². The number of nitrogens with zero attached hydrogens (tertiary/aromatic N) is 6. The lowest BCUT2D eigenvalue weighted by molar-refractivity contribution is 0.955. The second kappa shape index (κ2) is 6.32. The van der Waals surface area contributed by atoms with Gasteiger partial charge in [0.1, 0.15) is 10.7 Å². The van der Waals surface area contributed by atoms with Crippen LogP contribution in [-0.2, 0) is 0 Å². The third-order valence-electron chi connectivity index (χ3n) is 4.74. The Labute approximate surface area is 168 Å². The molecule has 1 N–H and O–H groups in total. The van der Waals surface area contributed by atoms with Crippen molar-refractivity contribution >= 4 is 27.2 Å². The van der Waals surface area contributed by atoms with E-state index in [1.807, 2.05) is 66.7 Å². The highest BCUT2D eigenvalue weighted by Crippen LogP contribution is 2.32. The number of aromatic amines is 1. The van der Waals surface area contributed by atoms with Gasteiger partial charge in [0.2, 0.25) is 10.8 Å². The number of para-hydroxylation sites is 1. The summed E-state index contributed by atoms with van der Waals surface area (Å²) in [5.41, 5.74) is 4.57. The van der Waals surface area contributed by atoms with Gasteiger partial charge in [-0.05, 0) is 18.2 Å². The highest BCUT2D eigenvalue weighted by Gasteiger charge is 2.18. The van der Waals surface area contributed by atoms with Gasteiger partial charge in [-0.1, -0.05) is 59.9 Å². The van der Waals surface area contributed by atoms with Gasteiger partial charge in [-0.15, -0.1) is 10.2 Å². The summed E-state index contributed by atoms with van der Waals surface area (Å²) in [6.07, 6.45) is 1.80. The van der Waals surface area contributed by atoms with Crippen LogP contribution in [0.3, 0.4) is 0 Å². The van der Waals surface area contributed by atoms with Crippen LogP contribution in [0.15, 0.2) is 72.9 Å². The van der Waals surface area contributed by atoms with Crippen LogP contribution < -0.4 is 0 Å². The van der Waals surface area contributed by atoms with E-state index in [9.17, 15) is 0 Å². The van der Waals surface area contributed by atoms with E-state index >= 15 is 0 Å². The highest BCUT2D eigenvalue weighted by molar-refractivity contribution is 7.19. The fraction of sp³-hybridized carbons (Fsp3) is 0. The van der Waals surface area contributed by atoms with Crippen LogP contribution in [0.4, 0.5) is 0 Å². The van der Waals surface area contributed by atoms with Crippen LogP contribution in [0, 0.1) is 0 Å². The minimum Gasteiger partial charge on any atom is -0.274 e. The largest absolute Gasteiger partial charge is 0.274 e. The first-order valence-corrected chi connectivity index (χ1v) is 9.86. The van der Waals surface area contributed by atoms with Gasteiger partial charge in [0.25, 0.3) is 0 Å². The second-order valence-corrected chi connectivity index (χ2v) is 7.49. The van der Waals surface area contributed by atoms with Crippen LogP contribution in [0.1, 0.15) is 0 Å². The van der Waals surface area contributed by atoms with Crippen molar-refractivity contribution in [2.45, 2.75) is 0 Å². The van der Waals surface area contributed by atoms with Gasteiger partial charge < -0.3 is 0 Å². The molecule has 7 nitrogen and oxygen atoms in total. The van der Waals surface area contributed by atoms with E-state index in [1.54, 1.807) is 10.7 Å². The van der Waals surface area contributed by atoms with Crippen LogP contribution in [-0.4, -0.2) is 35.0 Å². The molecule has 29 heavy (non-hydrogen) atoms. The standard InChI is InChI=1S/C21H13N7S/c1-2-6-13(7-3-1)16-12-17(24-23-16)19-25-26-21-28(19)27-20(29-21)15-10-4-8-14-9-5-11-22-18(14)15/h1-12H,(H,23,24). The van der Waals surface area contributed by atoms with Crippen LogP contribution >= 0.6 is 11.3 Å². The molecule has 4 heterocycles. The van der Waals surface area contributed by atoms with Gasteiger partial charge in [0.15, 0.2) is 0 Å². The summed E-state index contributed by atoms with van der Waals surface area (Å²) < 4.78 is 1.75. The Hall–Kier alpha value is -3.91. The van der Waals surface area contributed by atoms with E-state index in [0.29, 0.717) is 5.82 Å². The Kier molecular flexibility index (Phi) is 3.50. The highest BCUT2D eigenvalue weighted by atomic mass is 32.1. The second-order valence-electron chi connectivity index (χ2n) is 6.54. The van der Waals surface area contributed by atoms with Crippen molar-refractivity contribution in [1.82, 2.24) is 35.0 Å². The molecule has 0 spiro atoms. The van der Waals surface area contributed by atoms with E-state index in [1.165, 1.54) is 11.3 Å². The van der Waals surface area contributed by atoms with Crippen molar-refractivity contribution < 1.29 is 0 Å². The molecule has 0 radical (unpaired) electrons. The molecule has 6 aromatic rings. The third kappa shape index (κ3) is 2.61. The van der Waals surface area contributed by atoms with Crippen LogP contribution in [0.5, 0.6) is 0 Å². The monoisotopic (exact) mass is 395 g/mol. The van der Waals surface area contributed by atoms with Gasteiger partial charge in [-0.25, -0.2) is 0 Å². The summed E-state index contributed by atoms with van der Waals surface area (Å²) in [5, 5.41) is 22.8. The molecule has 4 aromatic heterocycles. The molecule has 0 fully saturated rings. The molecule has 0 unspecified atom stereocenters. The Balaban J connectivity index is 1.46. The normalized spacial score (nSPS) is 11.4. The summed E-state index contributed by atoms with van der Waals surface area (Å²) >= 11 is 1.49. The first-order chi connectivity index (χ1) is 14.4. The molecule has 0 amide bonds. The Bertz CT molecular complexity index is 1460. The maximum atomic E-state index is 4.77. The van der Waals surface area contributed by atoms with E-state index in [4.69, 9.17) is 5.10 Å². The fourth-order valence-corrected chi connectivity index (χ4v) is 4.23. The van der Waals surface area contributed by atoms with Crippen molar-refractivity contribution in [1.29, 1.82) is 0 Å². The number of H-pyrrole nitrogens is 1. The Morgan fingerprint density at radius 1 is 0.897 bits per heavy atom. The number of fused-ring (bicyclic) bond motifs is 2. The molecule has 0 saturated carbocycles.